The van der Waals surface area contributed by atoms with Crippen LogP contribution in [0.2, 0.25) is 0 Å². The molecule has 0 saturated heterocycles. The van der Waals surface area contributed by atoms with Crippen molar-refractivity contribution in [2.75, 3.05) is 18.4 Å². The number of nitrogens with zero attached hydrogens (tertiary/aromatic N) is 2. The minimum Gasteiger partial charge on any atom is -0.374 e. The lowest BCUT2D eigenvalue weighted by atomic mass is 9.88. The molecule has 1 aliphatic carbocycles. The molecule has 1 aliphatic heterocycles. The monoisotopic (exact) mass is 433 g/mol. The molecule has 0 aromatic carbocycles. The zero-order valence-corrected chi connectivity index (χ0v) is 17.7. The Balaban J connectivity index is 0.000000431. The van der Waals surface area contributed by atoms with E-state index in [9.17, 15) is 18.8 Å². The van der Waals surface area contributed by atoms with E-state index < -0.39 is 12.2 Å². The molecule has 1 aromatic heterocycles. The van der Waals surface area contributed by atoms with Gasteiger partial charge in [-0.3, -0.25) is 20.0 Å². The molecule has 0 bridgehead atoms. The molecule has 1 aromatic rings. The van der Waals surface area contributed by atoms with Crippen molar-refractivity contribution < 1.29 is 20.2 Å². The maximum Gasteiger partial charge on any atom is 0.246 e. The smallest absolute Gasteiger partial charge is 0.246 e. The SMILES string of the molecule is CC(=O)C(=N)c1ccncc1NCC(=O)N1C=CC[C@H]1C=O.NCC1CCCCC1F.[HH]. The number of alkyl halides is 1. The first-order chi connectivity index (χ1) is 14.9. The predicted molar refractivity (Wildman–Crippen MR) is 119 cm³/mol. The van der Waals surface area contributed by atoms with Gasteiger partial charge in [0.1, 0.15) is 18.2 Å². The van der Waals surface area contributed by atoms with Crippen LogP contribution in [0.3, 0.4) is 0 Å². The summed E-state index contributed by atoms with van der Waals surface area (Å²) in [5, 5.41) is 10.6. The number of hydrogen-bond acceptors (Lipinski definition) is 7. The van der Waals surface area contributed by atoms with Crippen molar-refractivity contribution in [2.24, 2.45) is 11.7 Å². The van der Waals surface area contributed by atoms with Crippen LogP contribution in [-0.2, 0) is 14.4 Å². The quantitative estimate of drug-likeness (QED) is 0.447. The molecule has 2 aliphatic rings. The number of aromatic nitrogens is 1. The fraction of sp³-hybridized carbons (Fsp3) is 0.500. The molecule has 4 N–H and O–H groups in total. The molecular formula is C22H32FN5O3. The van der Waals surface area contributed by atoms with Crippen molar-refractivity contribution in [3.63, 3.8) is 0 Å². The number of carbonyl (C=O) groups excluding carboxylic acids is 3. The fourth-order valence-corrected chi connectivity index (χ4v) is 3.56. The van der Waals surface area contributed by atoms with Crippen molar-refractivity contribution >= 4 is 29.4 Å². The molecule has 9 heteroatoms. The summed E-state index contributed by atoms with van der Waals surface area (Å²) in [7, 11) is 0. The summed E-state index contributed by atoms with van der Waals surface area (Å²) >= 11 is 0. The van der Waals surface area contributed by atoms with Gasteiger partial charge in [0.15, 0.2) is 5.78 Å². The van der Waals surface area contributed by atoms with Gasteiger partial charge >= 0.3 is 0 Å². The van der Waals surface area contributed by atoms with Gasteiger partial charge in [0, 0.05) is 32.2 Å². The maximum absolute atomic E-state index is 12.8. The van der Waals surface area contributed by atoms with E-state index in [4.69, 9.17) is 11.1 Å². The Labute approximate surface area is 183 Å². The van der Waals surface area contributed by atoms with Gasteiger partial charge in [0.2, 0.25) is 5.91 Å². The Morgan fingerprint density at radius 2 is 2.16 bits per heavy atom. The first-order valence-electron chi connectivity index (χ1n) is 10.4. The lowest BCUT2D eigenvalue weighted by molar-refractivity contribution is -0.130. The molecule has 1 fully saturated rings. The number of carbonyl (C=O) groups is 3. The molecular weight excluding hydrogens is 401 g/mol. The standard InChI is InChI=1S/C15H16N4O3.C7H14FN.H2/c1-10(21)15(16)12-4-5-17-7-13(12)18-8-14(22)19-6-2-3-11(19)9-20;8-7-4-2-1-3-6(7)5-9;/h2,4-7,9,11,16,18H,3,8H2,1H3;6-7H,1-5,9H2;1H/t11-;;/m0../s1. The van der Waals surface area contributed by atoms with Crippen LogP contribution in [0.25, 0.3) is 0 Å². The maximum atomic E-state index is 12.8. The van der Waals surface area contributed by atoms with Crippen molar-refractivity contribution in [3.05, 3.63) is 36.3 Å². The highest BCUT2D eigenvalue weighted by atomic mass is 19.1. The number of nitrogens with two attached hydrogens (primary N) is 1. The van der Waals surface area contributed by atoms with Gasteiger partial charge in [-0.05, 0) is 31.9 Å². The lowest BCUT2D eigenvalue weighted by Crippen LogP contribution is -2.37. The van der Waals surface area contributed by atoms with Crippen LogP contribution < -0.4 is 11.1 Å². The predicted octanol–water partition coefficient (Wildman–Crippen LogP) is 2.48. The summed E-state index contributed by atoms with van der Waals surface area (Å²) in [4.78, 5) is 39.6. The minimum absolute atomic E-state index is 0. The van der Waals surface area contributed by atoms with Crippen LogP contribution in [0.5, 0.6) is 0 Å². The van der Waals surface area contributed by atoms with Gasteiger partial charge in [0.05, 0.1) is 24.5 Å². The second kappa shape index (κ2) is 12.0. The van der Waals surface area contributed by atoms with Crippen LogP contribution in [0, 0.1) is 11.3 Å². The zero-order valence-electron chi connectivity index (χ0n) is 17.7. The number of aldehydes is 1. The van der Waals surface area contributed by atoms with E-state index in [2.05, 4.69) is 10.3 Å². The lowest BCUT2D eigenvalue weighted by Gasteiger charge is -2.23. The molecule has 0 spiro atoms. The zero-order chi connectivity index (χ0) is 22.8. The number of pyridine rings is 1. The fourth-order valence-electron chi connectivity index (χ4n) is 3.56. The number of rotatable bonds is 7. The van der Waals surface area contributed by atoms with Gasteiger partial charge < -0.3 is 20.7 Å². The second-order valence-electron chi connectivity index (χ2n) is 7.63. The van der Waals surface area contributed by atoms with Crippen LogP contribution in [-0.4, -0.2) is 58.9 Å². The van der Waals surface area contributed by atoms with Gasteiger partial charge in [-0.1, -0.05) is 18.9 Å². The molecule has 1 amide bonds. The molecule has 31 heavy (non-hydrogen) atoms. The topological polar surface area (TPSA) is 129 Å². The summed E-state index contributed by atoms with van der Waals surface area (Å²) < 4.78 is 12.8. The van der Waals surface area contributed by atoms with Gasteiger partial charge in [-0.2, -0.15) is 0 Å². The van der Waals surface area contributed by atoms with E-state index in [0.29, 0.717) is 24.2 Å². The highest BCUT2D eigenvalue weighted by Crippen LogP contribution is 2.25. The van der Waals surface area contributed by atoms with Gasteiger partial charge in [-0.15, -0.1) is 0 Å². The molecule has 170 valence electrons. The van der Waals surface area contributed by atoms with E-state index in [1.165, 1.54) is 30.6 Å². The number of Topliss-reactive ketones (excluding diaryl/α,β-unsaturated/α-hetero) is 1. The average Bonchev–Trinajstić information content (AvgIpc) is 3.27. The summed E-state index contributed by atoms with van der Waals surface area (Å²) in [5.41, 5.74) is 6.03. The Hall–Kier alpha value is -2.94. The third-order valence-electron chi connectivity index (χ3n) is 5.44. The van der Waals surface area contributed by atoms with Crippen molar-refractivity contribution in [2.45, 2.75) is 51.2 Å². The van der Waals surface area contributed by atoms with E-state index in [-0.39, 0.29) is 31.3 Å². The third kappa shape index (κ3) is 6.78. The molecule has 8 nitrogen and oxygen atoms in total. The minimum atomic E-state index is -0.608. The molecule has 3 atom stereocenters. The van der Waals surface area contributed by atoms with Crippen molar-refractivity contribution in [3.8, 4) is 0 Å². The highest BCUT2D eigenvalue weighted by Gasteiger charge is 2.24. The molecule has 2 heterocycles. The number of hydrogen-bond donors (Lipinski definition) is 3. The van der Waals surface area contributed by atoms with Gasteiger partial charge in [0.25, 0.3) is 0 Å². The Bertz CT molecular complexity index is 836. The number of ketones is 1. The summed E-state index contributed by atoms with van der Waals surface area (Å²) in [6.07, 6.45) is 10.9. The molecule has 3 rings (SSSR count). The first kappa shape index (κ1) is 24.3. The second-order valence-corrected chi connectivity index (χ2v) is 7.63. The average molecular weight is 434 g/mol. The molecule has 0 radical (unpaired) electrons. The third-order valence-corrected chi connectivity index (χ3v) is 5.44. The van der Waals surface area contributed by atoms with E-state index in [1.54, 1.807) is 18.3 Å². The van der Waals surface area contributed by atoms with Crippen LogP contribution >= 0.6 is 0 Å². The highest BCUT2D eigenvalue weighted by molar-refractivity contribution is 6.45. The number of halogens is 1. The van der Waals surface area contributed by atoms with Crippen LogP contribution in [0.15, 0.2) is 30.7 Å². The van der Waals surface area contributed by atoms with Crippen LogP contribution in [0.4, 0.5) is 10.1 Å². The van der Waals surface area contributed by atoms with Gasteiger partial charge in [-0.25, -0.2) is 4.39 Å². The van der Waals surface area contributed by atoms with E-state index in [1.807, 2.05) is 0 Å². The first-order valence-corrected chi connectivity index (χ1v) is 10.4. The summed E-state index contributed by atoms with van der Waals surface area (Å²) in [6.45, 7) is 1.78. The number of anilines is 1. The molecule has 2 unspecified atom stereocenters. The van der Waals surface area contributed by atoms with Crippen molar-refractivity contribution in [1.29, 1.82) is 5.41 Å². The van der Waals surface area contributed by atoms with E-state index in [0.717, 1.165) is 25.5 Å². The number of nitrogens with one attached hydrogen (secondary N) is 2. The van der Waals surface area contributed by atoms with E-state index >= 15 is 0 Å². The number of amides is 1. The summed E-state index contributed by atoms with van der Waals surface area (Å²) in [6, 6.07) is 1.08. The molecule has 1 saturated carbocycles. The Kier molecular flexibility index (Phi) is 9.45. The summed E-state index contributed by atoms with van der Waals surface area (Å²) in [5.74, 6) is -0.474. The van der Waals surface area contributed by atoms with Crippen molar-refractivity contribution in [1.82, 2.24) is 9.88 Å². The largest absolute Gasteiger partial charge is 0.374 e. The van der Waals surface area contributed by atoms with Crippen LogP contribution in [0.1, 0.15) is 46.0 Å². The Morgan fingerprint density at radius 3 is 2.77 bits per heavy atom. The Morgan fingerprint density at radius 1 is 1.42 bits per heavy atom. The normalized spacial score (nSPS) is 22.3.